The molecule has 0 fully saturated rings. The molecule has 0 radical (unpaired) electrons. The SMILES string of the molecule is CNCC(=O)NCC(Cc1ccccc1)c1ccccc1.Cl. The lowest BCUT2D eigenvalue weighted by atomic mass is 9.92. The molecule has 0 heterocycles. The Kier molecular flexibility index (Phi) is 8.26. The van der Waals surface area contributed by atoms with Gasteiger partial charge in [0.1, 0.15) is 0 Å². The Morgan fingerprint density at radius 1 is 1.00 bits per heavy atom. The van der Waals surface area contributed by atoms with Gasteiger partial charge in [-0.05, 0) is 24.6 Å². The molecule has 0 saturated heterocycles. The molecule has 118 valence electrons. The van der Waals surface area contributed by atoms with Crippen LogP contribution in [0.3, 0.4) is 0 Å². The smallest absolute Gasteiger partial charge is 0.233 e. The van der Waals surface area contributed by atoms with E-state index in [0.29, 0.717) is 13.1 Å². The number of carbonyl (C=O) groups excluding carboxylic acids is 1. The zero-order valence-electron chi connectivity index (χ0n) is 12.8. The van der Waals surface area contributed by atoms with Crippen molar-refractivity contribution in [2.45, 2.75) is 12.3 Å². The summed E-state index contributed by atoms with van der Waals surface area (Å²) in [5, 5.41) is 5.87. The first kappa shape index (κ1) is 18.2. The quantitative estimate of drug-likeness (QED) is 0.824. The molecule has 0 bridgehead atoms. The summed E-state index contributed by atoms with van der Waals surface area (Å²) >= 11 is 0. The number of likely N-dealkylation sites (N-methyl/N-ethyl adjacent to an activating group) is 1. The lowest BCUT2D eigenvalue weighted by Gasteiger charge is -2.18. The van der Waals surface area contributed by atoms with E-state index in [2.05, 4.69) is 47.0 Å². The van der Waals surface area contributed by atoms with E-state index in [1.165, 1.54) is 11.1 Å². The molecule has 2 aromatic carbocycles. The molecule has 0 aliphatic carbocycles. The number of benzene rings is 2. The Morgan fingerprint density at radius 3 is 2.18 bits per heavy atom. The second kappa shape index (κ2) is 9.98. The average Bonchev–Trinajstić information content (AvgIpc) is 2.53. The van der Waals surface area contributed by atoms with E-state index in [1.54, 1.807) is 7.05 Å². The standard InChI is InChI=1S/C18H22N2O.ClH/c1-19-14-18(21)20-13-17(16-10-6-3-7-11-16)12-15-8-4-2-5-9-15;/h2-11,17,19H,12-14H2,1H3,(H,20,21);1H. The zero-order valence-corrected chi connectivity index (χ0v) is 13.6. The monoisotopic (exact) mass is 318 g/mol. The summed E-state index contributed by atoms with van der Waals surface area (Å²) in [6, 6.07) is 20.7. The number of rotatable bonds is 7. The average molecular weight is 319 g/mol. The Balaban J connectivity index is 0.00000242. The second-order valence-corrected chi connectivity index (χ2v) is 5.13. The first-order chi connectivity index (χ1) is 10.3. The number of halogens is 1. The molecule has 22 heavy (non-hydrogen) atoms. The van der Waals surface area contributed by atoms with Gasteiger partial charge in [0.2, 0.25) is 5.91 Å². The third-order valence-electron chi connectivity index (χ3n) is 3.48. The van der Waals surface area contributed by atoms with Crippen LogP contribution in [0.25, 0.3) is 0 Å². The van der Waals surface area contributed by atoms with E-state index in [0.717, 1.165) is 6.42 Å². The van der Waals surface area contributed by atoms with Gasteiger partial charge in [-0.15, -0.1) is 12.4 Å². The van der Waals surface area contributed by atoms with Crippen molar-refractivity contribution in [1.82, 2.24) is 10.6 Å². The normalized spacial score (nSPS) is 11.3. The molecule has 0 spiro atoms. The van der Waals surface area contributed by atoms with Crippen LogP contribution >= 0.6 is 12.4 Å². The van der Waals surface area contributed by atoms with Crippen molar-refractivity contribution in [2.24, 2.45) is 0 Å². The highest BCUT2D eigenvalue weighted by Crippen LogP contribution is 2.20. The summed E-state index contributed by atoms with van der Waals surface area (Å²) < 4.78 is 0. The van der Waals surface area contributed by atoms with Crippen LogP contribution in [0.2, 0.25) is 0 Å². The van der Waals surface area contributed by atoms with Gasteiger partial charge in [0, 0.05) is 12.5 Å². The fourth-order valence-corrected chi connectivity index (χ4v) is 2.39. The summed E-state index contributed by atoms with van der Waals surface area (Å²) in [5.41, 5.74) is 2.54. The molecule has 0 aliphatic heterocycles. The minimum Gasteiger partial charge on any atom is -0.354 e. The molecule has 1 atom stereocenters. The molecule has 4 heteroatoms. The van der Waals surface area contributed by atoms with Gasteiger partial charge in [-0.2, -0.15) is 0 Å². The Labute approximate surface area is 138 Å². The van der Waals surface area contributed by atoms with Crippen molar-refractivity contribution < 1.29 is 4.79 Å². The molecule has 2 rings (SSSR count). The fraction of sp³-hybridized carbons (Fsp3) is 0.278. The first-order valence-electron chi connectivity index (χ1n) is 7.29. The molecule has 1 amide bonds. The van der Waals surface area contributed by atoms with Gasteiger partial charge in [-0.3, -0.25) is 4.79 Å². The molecule has 0 aliphatic rings. The van der Waals surface area contributed by atoms with Gasteiger partial charge in [-0.25, -0.2) is 0 Å². The first-order valence-corrected chi connectivity index (χ1v) is 7.29. The number of hydrogen-bond acceptors (Lipinski definition) is 2. The number of carbonyl (C=O) groups is 1. The summed E-state index contributed by atoms with van der Waals surface area (Å²) in [6.45, 7) is 1.01. The third kappa shape index (κ3) is 5.88. The van der Waals surface area contributed by atoms with Crippen LogP contribution in [-0.4, -0.2) is 26.0 Å². The van der Waals surface area contributed by atoms with Gasteiger partial charge in [-0.1, -0.05) is 60.7 Å². The third-order valence-corrected chi connectivity index (χ3v) is 3.48. The van der Waals surface area contributed by atoms with Crippen molar-refractivity contribution >= 4 is 18.3 Å². The molecule has 0 saturated carbocycles. The molecule has 2 N–H and O–H groups in total. The second-order valence-electron chi connectivity index (χ2n) is 5.13. The number of nitrogens with one attached hydrogen (secondary N) is 2. The minimum atomic E-state index is 0. The van der Waals surface area contributed by atoms with Crippen molar-refractivity contribution in [3.63, 3.8) is 0 Å². The number of amides is 1. The van der Waals surface area contributed by atoms with Crippen LogP contribution in [0.15, 0.2) is 60.7 Å². The highest BCUT2D eigenvalue weighted by molar-refractivity contribution is 5.85. The van der Waals surface area contributed by atoms with E-state index < -0.39 is 0 Å². The summed E-state index contributed by atoms with van der Waals surface area (Å²) in [6.07, 6.45) is 0.921. The molecule has 0 aromatic heterocycles. The van der Waals surface area contributed by atoms with Gasteiger partial charge >= 0.3 is 0 Å². The lowest BCUT2D eigenvalue weighted by Crippen LogP contribution is -2.35. The topological polar surface area (TPSA) is 41.1 Å². The molecule has 1 unspecified atom stereocenters. The molecular weight excluding hydrogens is 296 g/mol. The predicted octanol–water partition coefficient (Wildman–Crippen LogP) is 2.77. The maximum Gasteiger partial charge on any atom is 0.233 e. The molecular formula is C18H23ClN2O. The predicted molar refractivity (Wildman–Crippen MR) is 93.5 cm³/mol. The van der Waals surface area contributed by atoms with Gasteiger partial charge < -0.3 is 10.6 Å². The lowest BCUT2D eigenvalue weighted by molar-refractivity contribution is -0.120. The highest BCUT2D eigenvalue weighted by atomic mass is 35.5. The van der Waals surface area contributed by atoms with Gasteiger partial charge in [0.15, 0.2) is 0 Å². The Bertz CT molecular complexity index is 546. The van der Waals surface area contributed by atoms with E-state index in [-0.39, 0.29) is 24.2 Å². The Hall–Kier alpha value is -1.84. The largest absolute Gasteiger partial charge is 0.354 e. The molecule has 3 nitrogen and oxygen atoms in total. The van der Waals surface area contributed by atoms with Crippen molar-refractivity contribution in [3.8, 4) is 0 Å². The van der Waals surface area contributed by atoms with Crippen molar-refractivity contribution in [2.75, 3.05) is 20.1 Å². The highest BCUT2D eigenvalue weighted by Gasteiger charge is 2.13. The zero-order chi connectivity index (χ0) is 14.9. The maximum atomic E-state index is 11.7. The van der Waals surface area contributed by atoms with E-state index in [9.17, 15) is 4.79 Å². The van der Waals surface area contributed by atoms with Crippen LogP contribution in [0.1, 0.15) is 17.0 Å². The van der Waals surface area contributed by atoms with E-state index in [1.807, 2.05) is 24.3 Å². The van der Waals surface area contributed by atoms with Crippen molar-refractivity contribution in [1.29, 1.82) is 0 Å². The van der Waals surface area contributed by atoms with Crippen LogP contribution in [0.5, 0.6) is 0 Å². The van der Waals surface area contributed by atoms with Crippen molar-refractivity contribution in [3.05, 3.63) is 71.8 Å². The summed E-state index contributed by atoms with van der Waals surface area (Å²) in [7, 11) is 1.78. The molecule has 2 aromatic rings. The van der Waals surface area contributed by atoms with Gasteiger partial charge in [0.25, 0.3) is 0 Å². The Morgan fingerprint density at radius 2 is 1.59 bits per heavy atom. The van der Waals surface area contributed by atoms with Gasteiger partial charge in [0.05, 0.1) is 6.54 Å². The van der Waals surface area contributed by atoms with Crippen LogP contribution < -0.4 is 10.6 Å². The van der Waals surface area contributed by atoms with Crippen LogP contribution in [0.4, 0.5) is 0 Å². The van der Waals surface area contributed by atoms with E-state index in [4.69, 9.17) is 0 Å². The van der Waals surface area contributed by atoms with E-state index >= 15 is 0 Å². The maximum absolute atomic E-state index is 11.7. The minimum absolute atomic E-state index is 0. The van der Waals surface area contributed by atoms with Crippen LogP contribution in [-0.2, 0) is 11.2 Å². The summed E-state index contributed by atoms with van der Waals surface area (Å²) in [4.78, 5) is 11.7. The fourth-order valence-electron chi connectivity index (χ4n) is 2.39. The summed E-state index contributed by atoms with van der Waals surface area (Å²) in [5.74, 6) is 0.320. The van der Waals surface area contributed by atoms with Crippen LogP contribution in [0, 0.1) is 0 Å². The number of hydrogen-bond donors (Lipinski definition) is 2.